The van der Waals surface area contributed by atoms with Gasteiger partial charge in [0.1, 0.15) is 18.1 Å². The van der Waals surface area contributed by atoms with Crippen LogP contribution in [0.25, 0.3) is 11.6 Å². The third kappa shape index (κ3) is 8.14. The van der Waals surface area contributed by atoms with Crippen LogP contribution < -0.4 is 9.64 Å². The SMILES string of the molecule is O=C1[C@@H]2[C@@H](CC(COc3ccccc3)=C3[C@@H](CC/C(=C/c4cc(Br)ccc4O)c4ccccn4)OB(O)C[C@@H]32)C(=O)N1c1cc(C(F)(F)F)cc(C(F)(F)F)c1. The first-order chi connectivity index (χ1) is 26.6. The molecule has 16 heteroatoms. The number of carbonyl (C=O) groups excluding carboxylic acids is 2. The van der Waals surface area contributed by atoms with Crippen LogP contribution in [0.2, 0.25) is 6.32 Å². The molecule has 2 amide bonds. The minimum Gasteiger partial charge on any atom is -0.507 e. The van der Waals surface area contributed by atoms with Gasteiger partial charge in [-0.1, -0.05) is 40.2 Å². The van der Waals surface area contributed by atoms with Gasteiger partial charge in [0.15, 0.2) is 0 Å². The van der Waals surface area contributed by atoms with Gasteiger partial charge in [0, 0.05) is 16.2 Å². The van der Waals surface area contributed by atoms with Crippen LogP contribution in [-0.2, 0) is 26.6 Å². The molecular formula is C40H32BBrF6N2O6. The number of imide groups is 1. The number of nitrogens with zero attached hydrogens (tertiary/aromatic N) is 2. The number of benzene rings is 3. The summed E-state index contributed by atoms with van der Waals surface area (Å²) in [4.78, 5) is 33.2. The zero-order valence-corrected chi connectivity index (χ0v) is 30.8. The summed E-state index contributed by atoms with van der Waals surface area (Å²) in [6.07, 6.45) is -7.67. The van der Waals surface area contributed by atoms with Gasteiger partial charge >= 0.3 is 19.5 Å². The van der Waals surface area contributed by atoms with Crippen LogP contribution >= 0.6 is 15.9 Å². The highest BCUT2D eigenvalue weighted by atomic mass is 79.9. The standard InChI is InChI=1S/C40H32BBrF6N2O6/c42-27-10-11-33(51)23(15-27)14-22(32-8-4-5-13-49-32)9-12-34-35-24(21-55-29-6-2-1-3-7-29)16-30-36(31(35)20-41(54)56-34)38(53)50(37(30)52)28-18-25(39(43,44)45)17-26(19-28)40(46,47)48/h1-8,10-11,13-15,17-19,30-31,34,36,51,54H,9,12,16,20-21H2/b22-14-/t30-,31+,34-,36-/m1/s1. The predicted octanol–water partition coefficient (Wildman–Crippen LogP) is 8.99. The number of carbonyl (C=O) groups is 2. The summed E-state index contributed by atoms with van der Waals surface area (Å²) in [5, 5.41) is 21.7. The summed E-state index contributed by atoms with van der Waals surface area (Å²) in [5.74, 6) is -4.66. The van der Waals surface area contributed by atoms with Crippen molar-refractivity contribution in [3.63, 3.8) is 0 Å². The number of ether oxygens (including phenoxy) is 1. The Bertz CT molecular complexity index is 2170. The van der Waals surface area contributed by atoms with Crippen LogP contribution in [0.3, 0.4) is 0 Å². The molecule has 3 aliphatic rings. The molecule has 7 rings (SSSR count). The van der Waals surface area contributed by atoms with Crippen LogP contribution in [0.5, 0.6) is 11.5 Å². The topological polar surface area (TPSA) is 109 Å². The van der Waals surface area contributed by atoms with Crippen molar-refractivity contribution in [2.24, 2.45) is 17.8 Å². The van der Waals surface area contributed by atoms with E-state index in [9.17, 15) is 46.1 Å². The highest BCUT2D eigenvalue weighted by Gasteiger charge is 2.58. The largest absolute Gasteiger partial charge is 0.507 e. The molecule has 0 bridgehead atoms. The van der Waals surface area contributed by atoms with E-state index in [4.69, 9.17) is 9.39 Å². The molecule has 2 aliphatic heterocycles. The fraction of sp³-hybridized carbons (Fsp3) is 0.275. The van der Waals surface area contributed by atoms with E-state index < -0.39 is 72.0 Å². The van der Waals surface area contributed by atoms with E-state index in [1.165, 1.54) is 6.07 Å². The first-order valence-corrected chi connectivity index (χ1v) is 18.4. The van der Waals surface area contributed by atoms with Crippen molar-refractivity contribution in [1.82, 2.24) is 4.98 Å². The number of halogens is 7. The summed E-state index contributed by atoms with van der Waals surface area (Å²) < 4.78 is 96.1. The average Bonchev–Trinajstić information content (AvgIpc) is 3.41. The van der Waals surface area contributed by atoms with E-state index in [0.717, 1.165) is 4.47 Å². The Labute approximate surface area is 325 Å². The van der Waals surface area contributed by atoms with Crippen molar-refractivity contribution in [2.45, 2.75) is 44.0 Å². The first kappa shape index (κ1) is 39.3. The van der Waals surface area contributed by atoms with E-state index in [1.54, 1.807) is 72.9 Å². The Balaban J connectivity index is 1.27. The van der Waals surface area contributed by atoms with E-state index in [1.807, 2.05) is 0 Å². The molecule has 1 aliphatic carbocycles. The summed E-state index contributed by atoms with van der Waals surface area (Å²) >= 11 is 3.42. The van der Waals surface area contributed by atoms with Crippen molar-refractivity contribution in [2.75, 3.05) is 11.5 Å². The Morgan fingerprint density at radius 2 is 1.62 bits per heavy atom. The number of aromatic hydroxyl groups is 1. The van der Waals surface area contributed by atoms with Crippen molar-refractivity contribution < 1.29 is 55.5 Å². The fourth-order valence-electron chi connectivity index (χ4n) is 7.85. The van der Waals surface area contributed by atoms with Crippen molar-refractivity contribution >= 4 is 52.2 Å². The molecule has 2 fully saturated rings. The lowest BCUT2D eigenvalue weighted by Crippen LogP contribution is -2.46. The minimum atomic E-state index is -5.21. The maximum Gasteiger partial charge on any atom is 0.455 e. The number of hydrogen-bond acceptors (Lipinski definition) is 7. The molecule has 4 aromatic rings. The van der Waals surface area contributed by atoms with Crippen LogP contribution in [0.1, 0.15) is 41.6 Å². The van der Waals surface area contributed by atoms with Crippen molar-refractivity contribution in [3.8, 4) is 11.5 Å². The van der Waals surface area contributed by atoms with Gasteiger partial charge in [-0.05, 0) is 115 Å². The highest BCUT2D eigenvalue weighted by Crippen LogP contribution is 2.52. The Morgan fingerprint density at radius 1 is 0.929 bits per heavy atom. The van der Waals surface area contributed by atoms with Crippen LogP contribution in [0.15, 0.2) is 107 Å². The minimum absolute atomic E-state index is 0.0181. The van der Waals surface area contributed by atoms with Gasteiger partial charge in [0.25, 0.3) is 0 Å². The van der Waals surface area contributed by atoms with E-state index in [0.29, 0.717) is 50.8 Å². The molecule has 2 saturated heterocycles. The number of para-hydroxylation sites is 1. The second-order valence-corrected chi connectivity index (χ2v) is 14.7. The molecule has 4 atom stereocenters. The second-order valence-electron chi connectivity index (χ2n) is 13.8. The Morgan fingerprint density at radius 3 is 2.29 bits per heavy atom. The summed E-state index contributed by atoms with van der Waals surface area (Å²) in [6.45, 7) is -0.0763. The van der Waals surface area contributed by atoms with Crippen LogP contribution in [-0.4, -0.2) is 46.8 Å². The molecule has 2 N–H and O–H groups in total. The molecule has 3 aromatic carbocycles. The van der Waals surface area contributed by atoms with Gasteiger partial charge in [-0.25, -0.2) is 4.90 Å². The van der Waals surface area contributed by atoms with Gasteiger partial charge in [-0.2, -0.15) is 26.3 Å². The molecule has 0 saturated carbocycles. The number of phenols is 1. The zero-order chi connectivity index (χ0) is 39.9. The highest BCUT2D eigenvalue weighted by molar-refractivity contribution is 9.10. The summed E-state index contributed by atoms with van der Waals surface area (Å²) in [5.41, 5.74) is -1.25. The number of anilines is 1. The lowest BCUT2D eigenvalue weighted by Gasteiger charge is -2.43. The quantitative estimate of drug-likeness (QED) is 0.0750. The maximum absolute atomic E-state index is 14.3. The van der Waals surface area contributed by atoms with Gasteiger partial charge < -0.3 is 19.5 Å². The average molecular weight is 841 g/mol. The van der Waals surface area contributed by atoms with E-state index in [-0.39, 0.29) is 44.0 Å². The predicted molar refractivity (Wildman–Crippen MR) is 198 cm³/mol. The maximum atomic E-state index is 14.3. The molecule has 8 nitrogen and oxygen atoms in total. The molecule has 56 heavy (non-hydrogen) atoms. The number of rotatable bonds is 9. The zero-order valence-electron chi connectivity index (χ0n) is 29.2. The number of fused-ring (bicyclic) bond motifs is 3. The van der Waals surface area contributed by atoms with Gasteiger partial charge in [0.05, 0.1) is 40.4 Å². The molecule has 0 spiro atoms. The third-order valence-corrected chi connectivity index (χ3v) is 10.8. The van der Waals surface area contributed by atoms with Crippen LogP contribution in [0.4, 0.5) is 32.0 Å². The van der Waals surface area contributed by atoms with Crippen molar-refractivity contribution in [3.05, 3.63) is 129 Å². The molecule has 1 aromatic heterocycles. The number of amides is 2. The van der Waals surface area contributed by atoms with Gasteiger partial charge in [-0.3, -0.25) is 14.6 Å². The Hall–Kier alpha value is -4.93. The normalized spacial score (nSPS) is 21.7. The molecule has 0 unspecified atom stereocenters. The summed E-state index contributed by atoms with van der Waals surface area (Å²) in [6, 6.07) is 19.7. The number of aromatic nitrogens is 1. The fourth-order valence-corrected chi connectivity index (χ4v) is 8.23. The number of alkyl halides is 6. The molecule has 3 heterocycles. The smallest absolute Gasteiger partial charge is 0.455 e. The van der Waals surface area contributed by atoms with E-state index >= 15 is 0 Å². The number of allylic oxidation sites excluding steroid dienone is 1. The molecule has 0 radical (unpaired) electrons. The number of hydrogen-bond donors (Lipinski definition) is 2. The van der Waals surface area contributed by atoms with Gasteiger partial charge in [-0.15, -0.1) is 0 Å². The van der Waals surface area contributed by atoms with Crippen LogP contribution in [0, 0.1) is 17.8 Å². The number of phenolic OH excluding ortho intramolecular Hbond substituents is 1. The Kier molecular flexibility index (Phi) is 10.9. The molecular weight excluding hydrogens is 809 g/mol. The van der Waals surface area contributed by atoms with Gasteiger partial charge in [0.2, 0.25) is 11.8 Å². The molecule has 290 valence electrons. The monoisotopic (exact) mass is 840 g/mol. The number of pyridine rings is 1. The van der Waals surface area contributed by atoms with E-state index in [2.05, 4.69) is 20.9 Å². The summed E-state index contributed by atoms with van der Waals surface area (Å²) in [7, 11) is -1.43. The lowest BCUT2D eigenvalue weighted by atomic mass is 9.58. The van der Waals surface area contributed by atoms with Crippen molar-refractivity contribution in [1.29, 1.82) is 0 Å². The second kappa shape index (κ2) is 15.5. The first-order valence-electron chi connectivity index (χ1n) is 17.6. The third-order valence-electron chi connectivity index (χ3n) is 10.3. The lowest BCUT2D eigenvalue weighted by molar-refractivity contribution is -0.143.